The molecule has 0 N–H and O–H groups in total. The molecule has 0 bridgehead atoms. The van der Waals surface area contributed by atoms with Gasteiger partial charge in [0.05, 0.1) is 0 Å². The second-order valence-electron chi connectivity index (χ2n) is 23.9. The highest BCUT2D eigenvalue weighted by Crippen LogP contribution is 2.63. The summed E-state index contributed by atoms with van der Waals surface area (Å²) in [4.78, 5) is 0. The summed E-state index contributed by atoms with van der Waals surface area (Å²) in [5.41, 5.74) is 11.7. The quantitative estimate of drug-likeness (QED) is 0.0600. The molecule has 0 aliphatic heterocycles. The van der Waals surface area contributed by atoms with E-state index in [2.05, 4.69) is 104 Å². The third kappa shape index (κ3) is 12.6. The van der Waals surface area contributed by atoms with Crippen molar-refractivity contribution < 1.29 is 0 Å². The minimum atomic E-state index is -1.89. The van der Waals surface area contributed by atoms with Crippen LogP contribution in [0.1, 0.15) is 264 Å². The van der Waals surface area contributed by atoms with Crippen LogP contribution in [0.4, 0.5) is 0 Å². The topological polar surface area (TPSA) is 3.24 Å². The van der Waals surface area contributed by atoms with E-state index in [1.165, 1.54) is 193 Å². The molecule has 0 heterocycles. The molecule has 1 saturated carbocycles. The van der Waals surface area contributed by atoms with Crippen molar-refractivity contribution in [2.45, 2.75) is 290 Å². The molecule has 1 aromatic rings. The summed E-state index contributed by atoms with van der Waals surface area (Å²) in [5.74, 6) is 2.13. The number of hydrogen-bond acceptors (Lipinski definition) is 1. The van der Waals surface area contributed by atoms with Crippen LogP contribution in [0.5, 0.6) is 0 Å². The van der Waals surface area contributed by atoms with Crippen LogP contribution in [0.25, 0.3) is 5.57 Å². The van der Waals surface area contributed by atoms with E-state index in [0.29, 0.717) is 11.8 Å². The van der Waals surface area contributed by atoms with E-state index in [1.807, 2.05) is 5.57 Å². The summed E-state index contributed by atoms with van der Waals surface area (Å²) in [6, 6.07) is 5.56. The van der Waals surface area contributed by atoms with Gasteiger partial charge in [-0.15, -0.1) is 0 Å². The second kappa shape index (κ2) is 23.2. The van der Waals surface area contributed by atoms with E-state index in [-0.39, 0.29) is 16.5 Å². The molecule has 4 aliphatic carbocycles. The van der Waals surface area contributed by atoms with Crippen LogP contribution in [0.15, 0.2) is 29.9 Å². The number of fused-ring (bicyclic) bond motifs is 5. The van der Waals surface area contributed by atoms with E-state index < -0.39 is 8.24 Å². The smallest absolute Gasteiger partial charge is 0.127 e. The standard InChI is InChI=1S/C58H101NSi/c1-12-14-16-18-20-22-24-26-28-30-32-34-39-58(40-35-33-31-29-27-25-23-21-19-17-15-13-2)53-44-48-38-36-37-47(48)42-51(53)52-43-49-41-46(3)55(50(49)45-54(52)58)60(10,11)59(56(4,5)6)57(7,8)9/h42-46,49-50,55H,12-41H2,1-11H3. The van der Waals surface area contributed by atoms with Crippen molar-refractivity contribution in [1.82, 2.24) is 4.57 Å². The molecule has 1 aromatic carbocycles. The summed E-state index contributed by atoms with van der Waals surface area (Å²) in [6.07, 6.45) is 48.4. The fourth-order valence-corrected chi connectivity index (χ4v) is 21.2. The van der Waals surface area contributed by atoms with Gasteiger partial charge in [-0.25, -0.2) is 0 Å². The van der Waals surface area contributed by atoms with Crippen LogP contribution < -0.4 is 0 Å². The van der Waals surface area contributed by atoms with Crippen molar-refractivity contribution >= 4 is 13.8 Å². The van der Waals surface area contributed by atoms with Gasteiger partial charge in [-0.05, 0) is 137 Å². The highest BCUT2D eigenvalue weighted by Gasteiger charge is 2.57. The molecule has 4 aliphatic rings. The lowest BCUT2D eigenvalue weighted by Crippen LogP contribution is -2.67. The van der Waals surface area contributed by atoms with Crippen LogP contribution >= 0.6 is 0 Å². The summed E-state index contributed by atoms with van der Waals surface area (Å²) in [7, 11) is -1.89. The molecule has 5 rings (SSSR count). The minimum Gasteiger partial charge on any atom is -0.314 e. The lowest BCUT2D eigenvalue weighted by molar-refractivity contribution is 0.121. The number of nitrogens with zero attached hydrogens (tertiary/aromatic N) is 1. The Kier molecular flexibility index (Phi) is 19.3. The molecule has 342 valence electrons. The molecule has 1 fully saturated rings. The monoisotopic (exact) mass is 840 g/mol. The predicted octanol–water partition coefficient (Wildman–Crippen LogP) is 18.7. The van der Waals surface area contributed by atoms with Gasteiger partial charge in [-0.1, -0.05) is 212 Å². The average molecular weight is 841 g/mol. The van der Waals surface area contributed by atoms with Gasteiger partial charge in [-0.3, -0.25) is 0 Å². The lowest BCUT2D eigenvalue weighted by atomic mass is 9.68. The zero-order valence-electron chi connectivity index (χ0n) is 42.3. The fraction of sp³-hybridized carbons (Fsp3) is 0.828. The first-order valence-corrected chi connectivity index (χ1v) is 30.1. The van der Waals surface area contributed by atoms with Crippen LogP contribution in [0, 0.1) is 17.8 Å². The Labute approximate surface area is 376 Å². The fourth-order valence-electron chi connectivity index (χ4n) is 14.7. The third-order valence-electron chi connectivity index (χ3n) is 16.4. The maximum Gasteiger partial charge on any atom is 0.127 e. The maximum absolute atomic E-state index is 3.05. The second-order valence-corrected chi connectivity index (χ2v) is 28.3. The van der Waals surface area contributed by atoms with E-state index >= 15 is 0 Å². The molecular weight excluding hydrogens is 739 g/mol. The van der Waals surface area contributed by atoms with Crippen molar-refractivity contribution in [1.29, 1.82) is 0 Å². The van der Waals surface area contributed by atoms with Gasteiger partial charge in [0.25, 0.3) is 0 Å². The predicted molar refractivity (Wildman–Crippen MR) is 271 cm³/mol. The molecule has 0 radical (unpaired) electrons. The number of allylic oxidation sites excluding steroid dienone is 4. The zero-order valence-corrected chi connectivity index (χ0v) is 43.3. The van der Waals surface area contributed by atoms with Gasteiger partial charge in [0, 0.05) is 16.5 Å². The Bertz CT molecular complexity index is 1450. The molecule has 0 spiro atoms. The van der Waals surface area contributed by atoms with Gasteiger partial charge < -0.3 is 4.57 Å². The van der Waals surface area contributed by atoms with Crippen LogP contribution in [-0.4, -0.2) is 23.9 Å². The van der Waals surface area contributed by atoms with Gasteiger partial charge in [-0.2, -0.15) is 0 Å². The maximum atomic E-state index is 3.05. The van der Waals surface area contributed by atoms with E-state index in [4.69, 9.17) is 0 Å². The molecule has 60 heavy (non-hydrogen) atoms. The Morgan fingerprint density at radius 1 is 0.583 bits per heavy atom. The largest absolute Gasteiger partial charge is 0.314 e. The summed E-state index contributed by atoms with van der Waals surface area (Å²) < 4.78 is 3.05. The Morgan fingerprint density at radius 3 is 1.43 bits per heavy atom. The highest BCUT2D eigenvalue weighted by atomic mass is 28.3. The Balaban J connectivity index is 1.37. The average Bonchev–Trinajstić information content (AvgIpc) is 3.84. The van der Waals surface area contributed by atoms with Gasteiger partial charge >= 0.3 is 0 Å². The molecule has 1 nitrogen and oxygen atoms in total. The van der Waals surface area contributed by atoms with Crippen molar-refractivity contribution in [2.24, 2.45) is 17.8 Å². The van der Waals surface area contributed by atoms with Crippen molar-refractivity contribution in [2.75, 3.05) is 0 Å². The Morgan fingerprint density at radius 2 is 1.00 bits per heavy atom. The number of aryl methyl sites for hydroxylation is 2. The van der Waals surface area contributed by atoms with E-state index in [1.54, 1.807) is 27.8 Å². The number of rotatable bonds is 28. The number of benzene rings is 1. The molecule has 2 heteroatoms. The minimum absolute atomic E-state index is 0.159. The lowest BCUT2D eigenvalue weighted by Gasteiger charge is -2.57. The van der Waals surface area contributed by atoms with Gasteiger partial charge in [0.1, 0.15) is 8.24 Å². The van der Waals surface area contributed by atoms with Crippen LogP contribution in [-0.2, 0) is 18.3 Å². The molecule has 0 aromatic heterocycles. The highest BCUT2D eigenvalue weighted by molar-refractivity contribution is 6.76. The molecular formula is C58H101NSi. The van der Waals surface area contributed by atoms with Crippen LogP contribution in [0.2, 0.25) is 18.6 Å². The number of hydrogen-bond donors (Lipinski definition) is 0. The van der Waals surface area contributed by atoms with Gasteiger partial charge in [0.2, 0.25) is 0 Å². The molecule has 0 amide bonds. The van der Waals surface area contributed by atoms with Crippen LogP contribution in [0.3, 0.4) is 0 Å². The molecule has 4 unspecified atom stereocenters. The zero-order chi connectivity index (χ0) is 43.4. The first-order valence-electron chi connectivity index (χ1n) is 27.1. The normalized spacial score (nSPS) is 22.2. The summed E-state index contributed by atoms with van der Waals surface area (Å²) in [6.45, 7) is 27.9. The van der Waals surface area contributed by atoms with Crippen molar-refractivity contribution in [3.05, 3.63) is 52.1 Å². The summed E-state index contributed by atoms with van der Waals surface area (Å²) >= 11 is 0. The van der Waals surface area contributed by atoms with Crippen molar-refractivity contribution in [3.8, 4) is 0 Å². The molecule has 4 atom stereocenters. The first-order chi connectivity index (χ1) is 28.7. The SMILES string of the molecule is CCCCCCCCCCCCCCC1(CCCCCCCCCCCCCC)C2=CC3C(C=C2c2cc4c(cc21)CCC4)CC(C)C3[Si](C)(C)N(C(C)(C)C)C(C)(C)C. The molecule has 0 saturated heterocycles. The van der Waals surface area contributed by atoms with E-state index in [9.17, 15) is 0 Å². The number of unbranched alkanes of at least 4 members (excludes halogenated alkanes) is 22. The third-order valence-corrected chi connectivity index (χ3v) is 21.5. The van der Waals surface area contributed by atoms with E-state index in [0.717, 1.165) is 11.5 Å². The van der Waals surface area contributed by atoms with Crippen molar-refractivity contribution in [3.63, 3.8) is 0 Å². The Hall–Kier alpha value is -1.12. The summed E-state index contributed by atoms with van der Waals surface area (Å²) in [5, 5.41) is 0. The first kappa shape index (κ1) is 49.9. The van der Waals surface area contributed by atoms with Gasteiger partial charge in [0.15, 0.2) is 0 Å².